The van der Waals surface area contributed by atoms with Gasteiger partial charge in [0.2, 0.25) is 0 Å². The summed E-state index contributed by atoms with van der Waals surface area (Å²) in [5, 5.41) is 9.64. The number of aromatic nitrogens is 1. The molecule has 2 aromatic rings. The van der Waals surface area contributed by atoms with Crippen LogP contribution in [-0.4, -0.2) is 16.1 Å². The van der Waals surface area contributed by atoms with Crippen molar-refractivity contribution in [1.82, 2.24) is 4.98 Å². The standard InChI is InChI=1S/C9H7NO2S/c1-5-2-6-3-7(9(11)12)13-8(6)10-4-5/h2-4H,1H3,(H,11,12). The van der Waals surface area contributed by atoms with Crippen LogP contribution < -0.4 is 0 Å². The Morgan fingerprint density at radius 3 is 3.00 bits per heavy atom. The smallest absolute Gasteiger partial charge is 0.345 e. The quantitative estimate of drug-likeness (QED) is 0.756. The van der Waals surface area contributed by atoms with Crippen molar-refractivity contribution in [1.29, 1.82) is 0 Å². The maximum atomic E-state index is 10.6. The van der Waals surface area contributed by atoms with Gasteiger partial charge in [-0.3, -0.25) is 0 Å². The van der Waals surface area contributed by atoms with Crippen LogP contribution in [0.4, 0.5) is 0 Å². The Labute approximate surface area is 78.7 Å². The third kappa shape index (κ3) is 1.40. The number of aryl methyl sites for hydroxylation is 1. The Bertz CT molecular complexity index is 475. The first kappa shape index (κ1) is 8.19. The zero-order valence-electron chi connectivity index (χ0n) is 6.94. The van der Waals surface area contributed by atoms with E-state index in [9.17, 15) is 4.79 Å². The van der Waals surface area contributed by atoms with Crippen LogP contribution in [0.1, 0.15) is 15.2 Å². The molecule has 0 aliphatic rings. The van der Waals surface area contributed by atoms with Gasteiger partial charge in [0.25, 0.3) is 0 Å². The lowest BCUT2D eigenvalue weighted by atomic mass is 10.2. The van der Waals surface area contributed by atoms with Gasteiger partial charge in [-0.15, -0.1) is 11.3 Å². The van der Waals surface area contributed by atoms with Crippen LogP contribution in [0.25, 0.3) is 10.2 Å². The lowest BCUT2D eigenvalue weighted by Crippen LogP contribution is -1.89. The van der Waals surface area contributed by atoms with E-state index in [1.807, 2.05) is 13.0 Å². The van der Waals surface area contributed by atoms with Crippen molar-refractivity contribution in [3.05, 3.63) is 28.8 Å². The number of carbonyl (C=O) groups is 1. The van der Waals surface area contributed by atoms with Crippen molar-refractivity contribution in [2.24, 2.45) is 0 Å². The highest BCUT2D eigenvalue weighted by atomic mass is 32.1. The van der Waals surface area contributed by atoms with E-state index >= 15 is 0 Å². The predicted molar refractivity (Wildman–Crippen MR) is 51.3 cm³/mol. The SMILES string of the molecule is Cc1cnc2sc(C(=O)O)cc2c1. The Balaban J connectivity index is 2.68. The molecule has 1 N–H and O–H groups in total. The molecule has 0 fully saturated rings. The third-order valence-electron chi connectivity index (χ3n) is 1.72. The Hall–Kier alpha value is -1.42. The monoisotopic (exact) mass is 193 g/mol. The molecule has 66 valence electrons. The predicted octanol–water partition coefficient (Wildman–Crippen LogP) is 2.30. The second-order valence-electron chi connectivity index (χ2n) is 2.82. The molecule has 2 rings (SSSR count). The van der Waals surface area contributed by atoms with Gasteiger partial charge in [0.1, 0.15) is 9.71 Å². The van der Waals surface area contributed by atoms with Gasteiger partial charge < -0.3 is 5.11 Å². The van der Waals surface area contributed by atoms with E-state index in [-0.39, 0.29) is 0 Å². The molecule has 3 nitrogen and oxygen atoms in total. The molecule has 0 unspecified atom stereocenters. The number of aromatic carboxylic acids is 1. The maximum Gasteiger partial charge on any atom is 0.345 e. The van der Waals surface area contributed by atoms with Crippen LogP contribution >= 0.6 is 11.3 Å². The molecular formula is C9H7NO2S. The summed E-state index contributed by atoms with van der Waals surface area (Å²) >= 11 is 1.20. The van der Waals surface area contributed by atoms with Crippen LogP contribution in [0.3, 0.4) is 0 Å². The fourth-order valence-electron chi connectivity index (χ4n) is 1.15. The van der Waals surface area contributed by atoms with Gasteiger partial charge in [-0.05, 0) is 24.6 Å². The highest BCUT2D eigenvalue weighted by molar-refractivity contribution is 7.20. The molecule has 0 saturated carbocycles. The summed E-state index contributed by atoms with van der Waals surface area (Å²) in [4.78, 5) is 15.9. The molecule has 0 saturated heterocycles. The molecule has 0 bridgehead atoms. The Morgan fingerprint density at radius 1 is 1.54 bits per heavy atom. The number of fused-ring (bicyclic) bond motifs is 1. The third-order valence-corrected chi connectivity index (χ3v) is 2.77. The van der Waals surface area contributed by atoms with Crippen LogP contribution in [0.2, 0.25) is 0 Å². The van der Waals surface area contributed by atoms with Crippen LogP contribution in [0.5, 0.6) is 0 Å². The molecule has 0 aliphatic heterocycles. The van der Waals surface area contributed by atoms with Gasteiger partial charge in [0.05, 0.1) is 0 Å². The van der Waals surface area contributed by atoms with Gasteiger partial charge >= 0.3 is 5.97 Å². The minimum absolute atomic E-state index is 0.341. The summed E-state index contributed by atoms with van der Waals surface area (Å²) in [7, 11) is 0. The number of nitrogens with zero attached hydrogens (tertiary/aromatic N) is 1. The van der Waals surface area contributed by atoms with E-state index in [0.29, 0.717) is 4.88 Å². The summed E-state index contributed by atoms with van der Waals surface area (Å²) in [5.41, 5.74) is 1.04. The first-order valence-corrected chi connectivity index (χ1v) is 4.58. The molecule has 2 heterocycles. The minimum atomic E-state index is -0.888. The van der Waals surface area contributed by atoms with Crippen molar-refractivity contribution in [2.75, 3.05) is 0 Å². The van der Waals surface area contributed by atoms with Crippen molar-refractivity contribution in [3.63, 3.8) is 0 Å². The van der Waals surface area contributed by atoms with E-state index in [1.54, 1.807) is 12.3 Å². The van der Waals surface area contributed by atoms with Gasteiger partial charge in [-0.25, -0.2) is 9.78 Å². The largest absolute Gasteiger partial charge is 0.477 e. The van der Waals surface area contributed by atoms with E-state index in [1.165, 1.54) is 11.3 Å². The molecular weight excluding hydrogens is 186 g/mol. The summed E-state index contributed by atoms with van der Waals surface area (Å²) < 4.78 is 0. The average Bonchev–Trinajstić information content (AvgIpc) is 2.46. The lowest BCUT2D eigenvalue weighted by Gasteiger charge is -1.89. The zero-order chi connectivity index (χ0) is 9.42. The number of carboxylic acids is 1. The van der Waals surface area contributed by atoms with Crippen LogP contribution in [0, 0.1) is 6.92 Å². The lowest BCUT2D eigenvalue weighted by molar-refractivity contribution is 0.0702. The normalized spacial score (nSPS) is 10.5. The number of pyridine rings is 1. The first-order chi connectivity index (χ1) is 6.16. The maximum absolute atomic E-state index is 10.6. The van der Waals surface area contributed by atoms with Gasteiger partial charge in [-0.2, -0.15) is 0 Å². The zero-order valence-corrected chi connectivity index (χ0v) is 7.76. The second-order valence-corrected chi connectivity index (χ2v) is 3.85. The number of hydrogen-bond acceptors (Lipinski definition) is 3. The number of carboxylic acid groups (broad SMARTS) is 1. The van der Waals surface area contributed by atoms with Crippen molar-refractivity contribution in [3.8, 4) is 0 Å². The molecule has 0 aliphatic carbocycles. The van der Waals surface area contributed by atoms with Gasteiger partial charge in [0, 0.05) is 11.6 Å². The van der Waals surface area contributed by atoms with Crippen molar-refractivity contribution >= 4 is 27.5 Å². The minimum Gasteiger partial charge on any atom is -0.477 e. The molecule has 4 heteroatoms. The van der Waals surface area contributed by atoms with E-state index < -0.39 is 5.97 Å². The molecule has 0 atom stereocenters. The first-order valence-electron chi connectivity index (χ1n) is 3.76. The molecule has 0 amide bonds. The van der Waals surface area contributed by atoms with Gasteiger partial charge in [0.15, 0.2) is 0 Å². The molecule has 13 heavy (non-hydrogen) atoms. The van der Waals surface area contributed by atoms with Gasteiger partial charge in [-0.1, -0.05) is 0 Å². The van der Waals surface area contributed by atoms with Crippen LogP contribution in [-0.2, 0) is 0 Å². The van der Waals surface area contributed by atoms with Crippen molar-refractivity contribution in [2.45, 2.75) is 6.92 Å². The number of hydrogen-bond donors (Lipinski definition) is 1. The van der Waals surface area contributed by atoms with E-state index in [2.05, 4.69) is 4.98 Å². The Kier molecular flexibility index (Phi) is 1.77. The molecule has 0 radical (unpaired) electrons. The Morgan fingerprint density at radius 2 is 2.31 bits per heavy atom. The number of thiophene rings is 1. The summed E-state index contributed by atoms with van der Waals surface area (Å²) in [6.45, 7) is 1.94. The fourth-order valence-corrected chi connectivity index (χ4v) is 1.97. The second kappa shape index (κ2) is 2.81. The summed E-state index contributed by atoms with van der Waals surface area (Å²) in [5.74, 6) is -0.888. The highest BCUT2D eigenvalue weighted by Crippen LogP contribution is 2.23. The number of rotatable bonds is 1. The average molecular weight is 193 g/mol. The molecule has 2 aromatic heterocycles. The molecule has 0 aromatic carbocycles. The summed E-state index contributed by atoms with van der Waals surface area (Å²) in [6.07, 6.45) is 1.74. The highest BCUT2D eigenvalue weighted by Gasteiger charge is 2.08. The summed E-state index contributed by atoms with van der Waals surface area (Å²) in [6, 6.07) is 3.59. The van der Waals surface area contributed by atoms with E-state index in [4.69, 9.17) is 5.11 Å². The van der Waals surface area contributed by atoms with Crippen molar-refractivity contribution < 1.29 is 9.90 Å². The topological polar surface area (TPSA) is 50.2 Å². The molecule has 0 spiro atoms. The van der Waals surface area contributed by atoms with Crippen LogP contribution in [0.15, 0.2) is 18.3 Å². The van der Waals surface area contributed by atoms with E-state index in [0.717, 1.165) is 15.8 Å². The fraction of sp³-hybridized carbons (Fsp3) is 0.111.